The normalized spacial score (nSPS) is 11.5. The van der Waals surface area contributed by atoms with Crippen LogP contribution in [0.3, 0.4) is 0 Å². The second-order valence-corrected chi connectivity index (χ2v) is 7.71. The van der Waals surface area contributed by atoms with Gasteiger partial charge in [0.05, 0.1) is 5.56 Å². The Kier molecular flexibility index (Phi) is 7.50. The van der Waals surface area contributed by atoms with Crippen LogP contribution in [0.4, 0.5) is 26.3 Å². The Bertz CT molecular complexity index is 1140. The lowest BCUT2D eigenvalue weighted by molar-refractivity contribution is -0.142. The third kappa shape index (κ3) is 5.64. The van der Waals surface area contributed by atoms with E-state index in [4.69, 9.17) is 0 Å². The molecule has 0 fully saturated rings. The fourth-order valence-corrected chi connectivity index (χ4v) is 3.58. The van der Waals surface area contributed by atoms with Gasteiger partial charge in [-0.05, 0) is 42.0 Å². The topological polar surface area (TPSA) is 0 Å². The van der Waals surface area contributed by atoms with Gasteiger partial charge in [0, 0.05) is 10.9 Å². The molecule has 0 aliphatic carbocycles. The minimum atomic E-state index is -5.15. The summed E-state index contributed by atoms with van der Waals surface area (Å²) in [5, 5.41) is 1.07. The molecule has 3 rings (SSSR count). The van der Waals surface area contributed by atoms with Crippen molar-refractivity contribution >= 4 is 10.8 Å². The van der Waals surface area contributed by atoms with E-state index < -0.39 is 29.2 Å². The quantitative estimate of drug-likeness (QED) is 0.203. The maximum Gasteiger partial charge on any atom is 0.422 e. The van der Waals surface area contributed by atoms with Crippen molar-refractivity contribution in [2.75, 3.05) is 0 Å². The molecule has 0 heterocycles. The van der Waals surface area contributed by atoms with Gasteiger partial charge in [-0.1, -0.05) is 68.7 Å². The Hall–Kier alpha value is -2.94. The van der Waals surface area contributed by atoms with Crippen molar-refractivity contribution in [3.05, 3.63) is 82.2 Å². The second-order valence-electron chi connectivity index (χ2n) is 7.71. The van der Waals surface area contributed by atoms with E-state index in [0.29, 0.717) is 22.9 Å². The number of rotatable bonds is 6. The van der Waals surface area contributed by atoms with Crippen molar-refractivity contribution in [1.29, 1.82) is 0 Å². The summed E-state index contributed by atoms with van der Waals surface area (Å²) in [6.07, 6.45) is 1.58. The van der Waals surface area contributed by atoms with Crippen molar-refractivity contribution < 1.29 is 26.3 Å². The fourth-order valence-electron chi connectivity index (χ4n) is 3.58. The average Bonchev–Trinajstić information content (AvgIpc) is 2.71. The highest BCUT2D eigenvalue weighted by molar-refractivity contribution is 5.85. The number of aryl methyl sites for hydroxylation is 1. The summed E-state index contributed by atoms with van der Waals surface area (Å²) >= 11 is 0. The molecule has 0 unspecified atom stereocenters. The first-order chi connectivity index (χ1) is 15.2. The van der Waals surface area contributed by atoms with Crippen LogP contribution in [0.15, 0.2) is 42.5 Å². The van der Waals surface area contributed by atoms with Crippen LogP contribution in [0.2, 0.25) is 0 Å². The van der Waals surface area contributed by atoms with Crippen LogP contribution in [0.1, 0.15) is 61.3 Å². The summed E-state index contributed by atoms with van der Waals surface area (Å²) in [7, 11) is 0. The Morgan fingerprint density at radius 1 is 0.781 bits per heavy atom. The lowest BCUT2D eigenvalue weighted by Gasteiger charge is -2.09. The smallest absolute Gasteiger partial charge is 0.206 e. The molecule has 0 saturated heterocycles. The predicted molar refractivity (Wildman–Crippen MR) is 114 cm³/mol. The molecule has 0 saturated carbocycles. The number of hydrogen-bond acceptors (Lipinski definition) is 0. The number of fused-ring (bicyclic) bond motifs is 1. The lowest BCUT2D eigenvalue weighted by Crippen LogP contribution is -2.11. The third-order valence-corrected chi connectivity index (χ3v) is 5.25. The second kappa shape index (κ2) is 10.1. The first kappa shape index (κ1) is 23.7. The Morgan fingerprint density at radius 3 is 2.12 bits per heavy atom. The van der Waals surface area contributed by atoms with Crippen molar-refractivity contribution in [1.82, 2.24) is 0 Å². The number of hydrogen-bond donors (Lipinski definition) is 0. The van der Waals surface area contributed by atoms with Crippen LogP contribution in [0.25, 0.3) is 10.8 Å². The highest BCUT2D eigenvalue weighted by Gasteiger charge is 2.37. The van der Waals surface area contributed by atoms with Crippen LogP contribution in [-0.2, 0) is 12.6 Å². The molecule has 168 valence electrons. The van der Waals surface area contributed by atoms with Gasteiger partial charge in [0.25, 0.3) is 0 Å². The van der Waals surface area contributed by atoms with E-state index in [-0.39, 0.29) is 11.1 Å². The molecule has 0 bridgehead atoms. The average molecular weight is 448 g/mol. The summed E-state index contributed by atoms with van der Waals surface area (Å²) in [4.78, 5) is 0. The van der Waals surface area contributed by atoms with Crippen molar-refractivity contribution in [3.8, 4) is 11.8 Å². The van der Waals surface area contributed by atoms with Gasteiger partial charge in [-0.3, -0.25) is 0 Å². The molecule has 6 heteroatoms. The standard InChI is InChI=1S/C26H22F6/c1-2-3-4-5-6-7-17-9-13-21-20(14-17)12-11-19(25(21)29)10-8-18-15-22(27)24(23(28)16-18)26(30,31)32/h9,11-16H,2-7H2,1H3. The first-order valence-electron chi connectivity index (χ1n) is 10.5. The first-order valence-corrected chi connectivity index (χ1v) is 10.5. The number of benzene rings is 3. The van der Waals surface area contributed by atoms with E-state index in [1.165, 1.54) is 25.3 Å². The van der Waals surface area contributed by atoms with Gasteiger partial charge < -0.3 is 0 Å². The highest BCUT2D eigenvalue weighted by atomic mass is 19.4. The van der Waals surface area contributed by atoms with Gasteiger partial charge in [0.2, 0.25) is 0 Å². The molecule has 32 heavy (non-hydrogen) atoms. The lowest BCUT2D eigenvalue weighted by atomic mass is 10.00. The molecule has 0 aliphatic rings. The molecule has 0 amide bonds. The molecule has 0 atom stereocenters. The Morgan fingerprint density at radius 2 is 1.47 bits per heavy atom. The zero-order chi connectivity index (χ0) is 23.3. The molecular weight excluding hydrogens is 426 g/mol. The SMILES string of the molecule is CCCCCCCc1ccc2c(F)c(C#Cc3cc(F)c(C(F)(F)F)c(F)c3)ccc2c1. The van der Waals surface area contributed by atoms with E-state index in [2.05, 4.69) is 18.8 Å². The van der Waals surface area contributed by atoms with Gasteiger partial charge in [0.15, 0.2) is 0 Å². The number of alkyl halides is 3. The predicted octanol–water partition coefficient (Wildman–Crippen LogP) is 8.19. The van der Waals surface area contributed by atoms with E-state index in [9.17, 15) is 26.3 Å². The summed E-state index contributed by atoms with van der Waals surface area (Å²) in [5.41, 5.74) is -1.18. The van der Waals surface area contributed by atoms with Crippen LogP contribution in [-0.4, -0.2) is 0 Å². The Labute approximate surface area is 183 Å². The van der Waals surface area contributed by atoms with E-state index in [0.717, 1.165) is 24.8 Å². The van der Waals surface area contributed by atoms with Crippen LogP contribution < -0.4 is 0 Å². The van der Waals surface area contributed by atoms with Crippen LogP contribution >= 0.6 is 0 Å². The van der Waals surface area contributed by atoms with E-state index in [1.807, 2.05) is 12.1 Å². The van der Waals surface area contributed by atoms with E-state index in [1.54, 1.807) is 12.1 Å². The minimum absolute atomic E-state index is 0.00877. The molecule has 0 spiro atoms. The van der Waals surface area contributed by atoms with E-state index >= 15 is 0 Å². The van der Waals surface area contributed by atoms with Gasteiger partial charge in [-0.2, -0.15) is 13.2 Å². The summed E-state index contributed by atoms with van der Waals surface area (Å²) in [6, 6.07) is 9.60. The molecule has 0 N–H and O–H groups in total. The number of unbranched alkanes of at least 4 members (excludes halogenated alkanes) is 4. The fraction of sp³-hybridized carbons (Fsp3) is 0.308. The van der Waals surface area contributed by atoms with Gasteiger partial charge >= 0.3 is 6.18 Å². The number of halogens is 6. The minimum Gasteiger partial charge on any atom is -0.206 e. The molecule has 3 aromatic carbocycles. The highest BCUT2D eigenvalue weighted by Crippen LogP contribution is 2.34. The van der Waals surface area contributed by atoms with Gasteiger partial charge in [-0.25, -0.2) is 13.2 Å². The monoisotopic (exact) mass is 448 g/mol. The summed E-state index contributed by atoms with van der Waals surface area (Å²) in [5.74, 6) is 0.700. The molecule has 3 aromatic rings. The maximum absolute atomic E-state index is 14.9. The third-order valence-electron chi connectivity index (χ3n) is 5.25. The summed E-state index contributed by atoms with van der Waals surface area (Å²) in [6.45, 7) is 2.16. The van der Waals surface area contributed by atoms with Crippen molar-refractivity contribution in [2.45, 2.75) is 51.6 Å². The molecule has 0 aliphatic heterocycles. The van der Waals surface area contributed by atoms with Gasteiger partial charge in [0.1, 0.15) is 23.0 Å². The zero-order valence-electron chi connectivity index (χ0n) is 17.6. The van der Waals surface area contributed by atoms with Gasteiger partial charge in [-0.15, -0.1) is 0 Å². The van der Waals surface area contributed by atoms with Crippen molar-refractivity contribution in [2.24, 2.45) is 0 Å². The molecular formula is C26H22F6. The maximum atomic E-state index is 14.9. The van der Waals surface area contributed by atoms with Crippen molar-refractivity contribution in [3.63, 3.8) is 0 Å². The largest absolute Gasteiger partial charge is 0.422 e. The Balaban J connectivity index is 1.82. The summed E-state index contributed by atoms with van der Waals surface area (Å²) < 4.78 is 80.3. The van der Waals surface area contributed by atoms with Crippen LogP contribution in [0.5, 0.6) is 0 Å². The molecule has 0 nitrogen and oxygen atoms in total. The van der Waals surface area contributed by atoms with Crippen LogP contribution in [0, 0.1) is 29.3 Å². The zero-order valence-corrected chi connectivity index (χ0v) is 17.6. The molecule has 0 aromatic heterocycles. The molecule has 0 radical (unpaired) electrons.